The van der Waals surface area contributed by atoms with E-state index in [2.05, 4.69) is 11.0 Å². The minimum Gasteiger partial charge on any atom is -0.278 e. The molecule has 0 bridgehead atoms. The zero-order chi connectivity index (χ0) is 9.52. The number of halogens is 1. The average molecular weight is 219 g/mol. The molecule has 0 radical (unpaired) electrons. The Labute approximate surface area is 89.2 Å². The number of rotatable bonds is 5. The first-order valence-electron chi connectivity index (χ1n) is 4.66. The first-order chi connectivity index (χ1) is 6.38. The summed E-state index contributed by atoms with van der Waals surface area (Å²) in [6.07, 6.45) is 3.45. The zero-order valence-electron chi connectivity index (χ0n) is 7.71. The van der Waals surface area contributed by atoms with Crippen molar-refractivity contribution in [2.24, 2.45) is 0 Å². The fourth-order valence-electron chi connectivity index (χ4n) is 1.40. The molecular formula is C9H15ClN2S. The van der Waals surface area contributed by atoms with E-state index in [0.29, 0.717) is 0 Å². The van der Waals surface area contributed by atoms with Gasteiger partial charge < -0.3 is 0 Å². The van der Waals surface area contributed by atoms with Gasteiger partial charge in [0.2, 0.25) is 0 Å². The van der Waals surface area contributed by atoms with E-state index in [0.717, 1.165) is 30.5 Å². The van der Waals surface area contributed by atoms with Gasteiger partial charge in [0, 0.05) is 24.1 Å². The SMILES string of the molecule is N#CC1CSCN1CCCCCCl. The summed E-state index contributed by atoms with van der Waals surface area (Å²) in [7, 11) is 0. The predicted molar refractivity (Wildman–Crippen MR) is 58.0 cm³/mol. The van der Waals surface area contributed by atoms with Gasteiger partial charge in [-0.15, -0.1) is 23.4 Å². The third kappa shape index (κ3) is 3.76. The molecule has 1 aliphatic rings. The topological polar surface area (TPSA) is 27.0 Å². The molecule has 0 N–H and O–H groups in total. The second-order valence-corrected chi connectivity index (χ2v) is 4.58. The van der Waals surface area contributed by atoms with Crippen LogP contribution in [0.3, 0.4) is 0 Å². The van der Waals surface area contributed by atoms with Crippen molar-refractivity contribution in [3.8, 4) is 6.07 Å². The molecule has 0 aromatic heterocycles. The molecular weight excluding hydrogens is 204 g/mol. The molecule has 0 aromatic carbocycles. The lowest BCUT2D eigenvalue weighted by Gasteiger charge is -2.17. The third-order valence-corrected chi connectivity index (χ3v) is 3.53. The van der Waals surface area contributed by atoms with E-state index >= 15 is 0 Å². The van der Waals surface area contributed by atoms with Crippen LogP contribution in [0.25, 0.3) is 0 Å². The molecule has 1 rings (SSSR count). The Morgan fingerprint density at radius 1 is 1.46 bits per heavy atom. The highest BCUT2D eigenvalue weighted by molar-refractivity contribution is 7.99. The fraction of sp³-hybridized carbons (Fsp3) is 0.889. The van der Waals surface area contributed by atoms with Crippen molar-refractivity contribution in [3.63, 3.8) is 0 Å². The van der Waals surface area contributed by atoms with Gasteiger partial charge in [-0.1, -0.05) is 6.42 Å². The molecule has 2 nitrogen and oxygen atoms in total. The summed E-state index contributed by atoms with van der Waals surface area (Å²) in [6, 6.07) is 2.49. The van der Waals surface area contributed by atoms with Gasteiger partial charge in [-0.05, 0) is 12.8 Å². The number of nitrogens with zero attached hydrogens (tertiary/aromatic N) is 2. The molecule has 0 amide bonds. The van der Waals surface area contributed by atoms with Gasteiger partial charge in [-0.3, -0.25) is 4.90 Å². The van der Waals surface area contributed by atoms with Crippen LogP contribution < -0.4 is 0 Å². The smallest absolute Gasteiger partial charge is 0.108 e. The summed E-state index contributed by atoms with van der Waals surface area (Å²) in [4.78, 5) is 2.26. The predicted octanol–water partition coefficient (Wildman–Crippen LogP) is 2.29. The summed E-state index contributed by atoms with van der Waals surface area (Å²) in [5.74, 6) is 2.77. The van der Waals surface area contributed by atoms with Crippen molar-refractivity contribution >= 4 is 23.4 Å². The van der Waals surface area contributed by atoms with Crippen LogP contribution in [0.2, 0.25) is 0 Å². The number of thioether (sulfide) groups is 1. The Hall–Kier alpha value is 0.0900. The quantitative estimate of drug-likeness (QED) is 0.524. The number of hydrogen-bond acceptors (Lipinski definition) is 3. The largest absolute Gasteiger partial charge is 0.278 e. The molecule has 1 unspecified atom stereocenters. The molecule has 1 heterocycles. The van der Waals surface area contributed by atoms with Crippen molar-refractivity contribution in [2.45, 2.75) is 25.3 Å². The Bertz CT molecular complexity index is 181. The Morgan fingerprint density at radius 3 is 3.00 bits per heavy atom. The van der Waals surface area contributed by atoms with Gasteiger partial charge in [-0.2, -0.15) is 5.26 Å². The van der Waals surface area contributed by atoms with E-state index in [1.54, 1.807) is 0 Å². The molecule has 13 heavy (non-hydrogen) atoms. The zero-order valence-corrected chi connectivity index (χ0v) is 9.28. The van der Waals surface area contributed by atoms with Gasteiger partial charge in [-0.25, -0.2) is 0 Å². The maximum absolute atomic E-state index is 8.81. The molecule has 74 valence electrons. The van der Waals surface area contributed by atoms with E-state index in [-0.39, 0.29) is 6.04 Å². The van der Waals surface area contributed by atoms with Crippen LogP contribution in [0.4, 0.5) is 0 Å². The summed E-state index contributed by atoms with van der Waals surface area (Å²) in [5, 5.41) is 8.81. The highest BCUT2D eigenvalue weighted by Crippen LogP contribution is 2.20. The lowest BCUT2D eigenvalue weighted by Crippen LogP contribution is -2.30. The molecule has 0 saturated carbocycles. The van der Waals surface area contributed by atoms with Crippen LogP contribution >= 0.6 is 23.4 Å². The Kier molecular flexibility index (Phi) is 5.61. The van der Waals surface area contributed by atoms with E-state index < -0.39 is 0 Å². The number of hydrogen-bond donors (Lipinski definition) is 0. The van der Waals surface area contributed by atoms with E-state index in [9.17, 15) is 0 Å². The summed E-state index contributed by atoms with van der Waals surface area (Å²) >= 11 is 7.44. The highest BCUT2D eigenvalue weighted by Gasteiger charge is 2.23. The van der Waals surface area contributed by atoms with Crippen LogP contribution in [0.15, 0.2) is 0 Å². The van der Waals surface area contributed by atoms with Gasteiger partial charge in [0.1, 0.15) is 6.04 Å². The minimum absolute atomic E-state index is 0.154. The first-order valence-corrected chi connectivity index (χ1v) is 6.35. The van der Waals surface area contributed by atoms with Crippen molar-refractivity contribution in [1.82, 2.24) is 4.90 Å². The summed E-state index contributed by atoms with van der Waals surface area (Å²) in [5.41, 5.74) is 0. The molecule has 1 saturated heterocycles. The van der Waals surface area contributed by atoms with Crippen molar-refractivity contribution in [2.75, 3.05) is 24.1 Å². The number of nitriles is 1. The summed E-state index contributed by atoms with van der Waals surface area (Å²) in [6.45, 7) is 1.06. The normalized spacial score (nSPS) is 23.2. The maximum atomic E-state index is 8.81. The Balaban J connectivity index is 2.10. The molecule has 0 spiro atoms. The molecule has 1 fully saturated rings. The summed E-state index contributed by atoms with van der Waals surface area (Å²) < 4.78 is 0. The average Bonchev–Trinajstić information content (AvgIpc) is 2.60. The number of alkyl halides is 1. The lowest BCUT2D eigenvalue weighted by molar-refractivity contribution is 0.301. The second kappa shape index (κ2) is 6.53. The standard InChI is InChI=1S/C9H15ClN2S/c10-4-2-1-3-5-12-8-13-7-9(12)6-11/h9H,1-5,7-8H2. The highest BCUT2D eigenvalue weighted by atomic mass is 35.5. The lowest BCUT2D eigenvalue weighted by atomic mass is 10.2. The fourth-order valence-corrected chi connectivity index (χ4v) is 2.75. The van der Waals surface area contributed by atoms with Crippen LogP contribution in [0.5, 0.6) is 0 Å². The van der Waals surface area contributed by atoms with Gasteiger partial charge >= 0.3 is 0 Å². The van der Waals surface area contributed by atoms with E-state index in [4.69, 9.17) is 16.9 Å². The van der Waals surface area contributed by atoms with Gasteiger partial charge in [0.15, 0.2) is 0 Å². The third-order valence-electron chi connectivity index (χ3n) is 2.20. The van der Waals surface area contributed by atoms with Crippen LogP contribution in [-0.4, -0.2) is 35.0 Å². The first kappa shape index (κ1) is 11.2. The molecule has 1 atom stereocenters. The molecule has 0 aromatic rings. The maximum Gasteiger partial charge on any atom is 0.108 e. The molecule has 1 aliphatic heterocycles. The van der Waals surface area contributed by atoms with E-state index in [1.165, 1.54) is 12.8 Å². The van der Waals surface area contributed by atoms with Gasteiger partial charge in [0.25, 0.3) is 0 Å². The van der Waals surface area contributed by atoms with Gasteiger partial charge in [0.05, 0.1) is 6.07 Å². The van der Waals surface area contributed by atoms with E-state index in [1.807, 2.05) is 11.8 Å². The van der Waals surface area contributed by atoms with Crippen molar-refractivity contribution in [3.05, 3.63) is 0 Å². The molecule has 0 aliphatic carbocycles. The molecule has 4 heteroatoms. The van der Waals surface area contributed by atoms with Crippen molar-refractivity contribution in [1.29, 1.82) is 5.26 Å². The second-order valence-electron chi connectivity index (χ2n) is 3.21. The minimum atomic E-state index is 0.154. The van der Waals surface area contributed by atoms with Crippen LogP contribution in [-0.2, 0) is 0 Å². The Morgan fingerprint density at radius 2 is 2.31 bits per heavy atom. The van der Waals surface area contributed by atoms with Crippen LogP contribution in [0, 0.1) is 11.3 Å². The van der Waals surface area contributed by atoms with Crippen LogP contribution in [0.1, 0.15) is 19.3 Å². The monoisotopic (exact) mass is 218 g/mol. The van der Waals surface area contributed by atoms with Crippen molar-refractivity contribution < 1.29 is 0 Å². The number of unbranched alkanes of at least 4 members (excludes halogenated alkanes) is 2.